The van der Waals surface area contributed by atoms with Crippen molar-refractivity contribution in [2.45, 2.75) is 6.92 Å². The lowest BCUT2D eigenvalue weighted by molar-refractivity contribution is 0.123. The van der Waals surface area contributed by atoms with E-state index in [0.717, 1.165) is 60.2 Å². The van der Waals surface area contributed by atoms with Crippen molar-refractivity contribution in [3.63, 3.8) is 0 Å². The van der Waals surface area contributed by atoms with Gasteiger partial charge in [0.15, 0.2) is 11.5 Å². The predicted molar refractivity (Wildman–Crippen MR) is 109 cm³/mol. The Morgan fingerprint density at radius 1 is 1.07 bits per heavy atom. The highest BCUT2D eigenvalue weighted by molar-refractivity contribution is 5.87. The van der Waals surface area contributed by atoms with Crippen molar-refractivity contribution in [3.05, 3.63) is 54.5 Å². The molecular formula is C21H22N6O. The van der Waals surface area contributed by atoms with Crippen molar-refractivity contribution in [1.82, 2.24) is 24.3 Å². The first-order chi connectivity index (χ1) is 13.7. The minimum absolute atomic E-state index is 0.727. The smallest absolute Gasteiger partial charge is 0.164 e. The van der Waals surface area contributed by atoms with Crippen LogP contribution in [0.5, 0.6) is 0 Å². The van der Waals surface area contributed by atoms with Crippen LogP contribution in [0.1, 0.15) is 5.56 Å². The number of ether oxygens (including phenoxy) is 1. The van der Waals surface area contributed by atoms with E-state index in [9.17, 15) is 0 Å². The lowest BCUT2D eigenvalue weighted by atomic mass is 10.1. The van der Waals surface area contributed by atoms with Crippen LogP contribution in [0, 0.1) is 6.92 Å². The first-order valence-electron chi connectivity index (χ1n) is 9.47. The number of hydrogen-bond donors (Lipinski definition) is 0. The summed E-state index contributed by atoms with van der Waals surface area (Å²) < 4.78 is 9.31. The predicted octanol–water partition coefficient (Wildman–Crippen LogP) is 2.97. The lowest BCUT2D eigenvalue weighted by Crippen LogP contribution is -2.36. The SMILES string of the molecule is Cc1cccc(-c2ccn(-c3cc(N4CCOCC4)c4ncn(C)c4n3)n2)c1. The molecule has 0 N–H and O–H groups in total. The maximum absolute atomic E-state index is 5.51. The molecule has 0 unspecified atom stereocenters. The average molecular weight is 374 g/mol. The molecule has 7 nitrogen and oxygen atoms in total. The van der Waals surface area contributed by atoms with Crippen molar-refractivity contribution in [3.8, 4) is 17.1 Å². The van der Waals surface area contributed by atoms with Gasteiger partial charge >= 0.3 is 0 Å². The third-order valence-corrected chi connectivity index (χ3v) is 5.12. The molecule has 0 saturated carbocycles. The van der Waals surface area contributed by atoms with Crippen molar-refractivity contribution in [2.75, 3.05) is 31.2 Å². The number of pyridine rings is 1. The second-order valence-corrected chi connectivity index (χ2v) is 7.14. The standard InChI is InChI=1S/C21H22N6O/c1-15-4-3-5-16(12-15)17-6-7-27(24-17)19-13-18(26-8-10-28-11-9-26)20-21(23-19)25(2)14-22-20/h3-7,12-14H,8-11H2,1-2H3. The number of fused-ring (bicyclic) bond motifs is 1. The second kappa shape index (κ2) is 6.76. The zero-order chi connectivity index (χ0) is 19.1. The number of benzene rings is 1. The van der Waals surface area contributed by atoms with Gasteiger partial charge in [-0.3, -0.25) is 0 Å². The zero-order valence-corrected chi connectivity index (χ0v) is 16.0. The maximum atomic E-state index is 5.51. The van der Waals surface area contributed by atoms with Gasteiger partial charge in [-0.05, 0) is 19.1 Å². The second-order valence-electron chi connectivity index (χ2n) is 7.14. The number of anilines is 1. The van der Waals surface area contributed by atoms with Gasteiger partial charge in [0, 0.05) is 38.0 Å². The van der Waals surface area contributed by atoms with Crippen molar-refractivity contribution in [2.24, 2.45) is 7.05 Å². The summed E-state index contributed by atoms with van der Waals surface area (Å²) in [6, 6.07) is 12.5. The molecule has 0 radical (unpaired) electrons. The van der Waals surface area contributed by atoms with E-state index >= 15 is 0 Å². The summed E-state index contributed by atoms with van der Waals surface area (Å²) in [4.78, 5) is 11.7. The van der Waals surface area contributed by atoms with Gasteiger partial charge in [0.2, 0.25) is 0 Å². The first-order valence-corrected chi connectivity index (χ1v) is 9.47. The molecule has 0 spiro atoms. The maximum Gasteiger partial charge on any atom is 0.164 e. The van der Waals surface area contributed by atoms with Gasteiger partial charge < -0.3 is 14.2 Å². The number of rotatable bonds is 3. The highest BCUT2D eigenvalue weighted by Gasteiger charge is 2.19. The minimum atomic E-state index is 0.727. The minimum Gasteiger partial charge on any atom is -0.378 e. The Bertz CT molecular complexity index is 1140. The number of hydrogen-bond acceptors (Lipinski definition) is 5. The summed E-state index contributed by atoms with van der Waals surface area (Å²) in [7, 11) is 1.97. The Labute approximate surface area is 163 Å². The van der Waals surface area contributed by atoms with Gasteiger partial charge in [0.05, 0.1) is 30.9 Å². The van der Waals surface area contributed by atoms with E-state index in [2.05, 4.69) is 47.1 Å². The molecule has 4 aromatic rings. The lowest BCUT2D eigenvalue weighted by Gasteiger charge is -2.29. The van der Waals surface area contributed by atoms with Crippen molar-refractivity contribution < 1.29 is 4.74 Å². The summed E-state index contributed by atoms with van der Waals surface area (Å²) in [6.45, 7) is 5.25. The van der Waals surface area contributed by atoms with Crippen LogP contribution in [0.25, 0.3) is 28.2 Å². The molecule has 0 aliphatic carbocycles. The summed E-state index contributed by atoms with van der Waals surface area (Å²) in [5.74, 6) is 0.788. The number of aryl methyl sites for hydroxylation is 2. The molecule has 7 heteroatoms. The Kier molecular flexibility index (Phi) is 4.09. The molecule has 1 aromatic carbocycles. The summed E-state index contributed by atoms with van der Waals surface area (Å²) in [6.07, 6.45) is 3.78. The first kappa shape index (κ1) is 16.9. The van der Waals surface area contributed by atoms with E-state index in [0.29, 0.717) is 0 Å². The molecule has 0 amide bonds. The Morgan fingerprint density at radius 3 is 2.75 bits per heavy atom. The van der Waals surface area contributed by atoms with Crippen LogP contribution in [0.3, 0.4) is 0 Å². The zero-order valence-electron chi connectivity index (χ0n) is 16.0. The molecule has 3 aromatic heterocycles. The van der Waals surface area contributed by atoms with Gasteiger partial charge in [-0.25, -0.2) is 14.6 Å². The van der Waals surface area contributed by atoms with Gasteiger partial charge in [0.25, 0.3) is 0 Å². The van der Waals surface area contributed by atoms with Gasteiger partial charge in [-0.2, -0.15) is 5.10 Å². The molecule has 1 aliphatic heterocycles. The number of imidazole rings is 1. The highest BCUT2D eigenvalue weighted by atomic mass is 16.5. The van der Waals surface area contributed by atoms with Gasteiger partial charge in [-0.1, -0.05) is 23.8 Å². The summed E-state index contributed by atoms with van der Waals surface area (Å²) in [5.41, 5.74) is 6.11. The van der Waals surface area contributed by atoms with E-state index in [-0.39, 0.29) is 0 Å². The average Bonchev–Trinajstić information content (AvgIpc) is 3.36. The fraction of sp³-hybridized carbons (Fsp3) is 0.286. The van der Waals surface area contributed by atoms with E-state index in [4.69, 9.17) is 14.8 Å². The Hall–Kier alpha value is -3.19. The van der Waals surface area contributed by atoms with Crippen LogP contribution in [0.2, 0.25) is 0 Å². The Morgan fingerprint density at radius 2 is 1.93 bits per heavy atom. The molecule has 28 heavy (non-hydrogen) atoms. The molecule has 4 heterocycles. The monoisotopic (exact) mass is 374 g/mol. The fourth-order valence-corrected chi connectivity index (χ4v) is 3.64. The van der Waals surface area contributed by atoms with Gasteiger partial charge in [-0.15, -0.1) is 0 Å². The van der Waals surface area contributed by atoms with Crippen LogP contribution >= 0.6 is 0 Å². The molecule has 0 atom stereocenters. The van der Waals surface area contributed by atoms with Crippen LogP contribution in [-0.4, -0.2) is 50.6 Å². The normalized spacial score (nSPS) is 14.7. The molecule has 1 saturated heterocycles. The van der Waals surface area contributed by atoms with Crippen molar-refractivity contribution in [1.29, 1.82) is 0 Å². The van der Waals surface area contributed by atoms with E-state index in [1.54, 1.807) is 0 Å². The topological polar surface area (TPSA) is 61.0 Å². The number of nitrogens with zero attached hydrogens (tertiary/aromatic N) is 6. The molecule has 5 rings (SSSR count). The summed E-state index contributed by atoms with van der Waals surface area (Å²) >= 11 is 0. The largest absolute Gasteiger partial charge is 0.378 e. The molecule has 142 valence electrons. The number of aromatic nitrogens is 5. The third-order valence-electron chi connectivity index (χ3n) is 5.12. The molecule has 1 fully saturated rings. The quantitative estimate of drug-likeness (QED) is 0.552. The van der Waals surface area contributed by atoms with Crippen molar-refractivity contribution >= 4 is 16.9 Å². The molecule has 0 bridgehead atoms. The van der Waals surface area contributed by atoms with Crippen LogP contribution in [0.4, 0.5) is 5.69 Å². The van der Waals surface area contributed by atoms with E-state index < -0.39 is 0 Å². The van der Waals surface area contributed by atoms with Gasteiger partial charge in [0.1, 0.15) is 5.52 Å². The third kappa shape index (κ3) is 2.93. The van der Waals surface area contributed by atoms with Crippen LogP contribution < -0.4 is 4.90 Å². The van der Waals surface area contributed by atoms with Crippen LogP contribution in [0.15, 0.2) is 48.9 Å². The molecule has 1 aliphatic rings. The highest BCUT2D eigenvalue weighted by Crippen LogP contribution is 2.28. The van der Waals surface area contributed by atoms with Crippen LogP contribution in [-0.2, 0) is 11.8 Å². The number of morpholine rings is 1. The Balaban J connectivity index is 1.60. The fourth-order valence-electron chi connectivity index (χ4n) is 3.64. The summed E-state index contributed by atoms with van der Waals surface area (Å²) in [5, 5.41) is 4.78. The molecular weight excluding hydrogens is 352 g/mol. The van der Waals surface area contributed by atoms with E-state index in [1.165, 1.54) is 5.56 Å². The van der Waals surface area contributed by atoms with E-state index in [1.807, 2.05) is 34.9 Å².